The van der Waals surface area contributed by atoms with E-state index in [1.807, 2.05) is 11.3 Å². The topological polar surface area (TPSA) is 3.24 Å². The summed E-state index contributed by atoms with van der Waals surface area (Å²) < 4.78 is 2.84. The molecule has 0 bridgehead atoms. The fraction of sp³-hybridized carbons (Fsp3) is 0.317. The molecule has 3 heterocycles. The standard InChI is InChI=1S/C41H44BNS2/c1-24-19-29-26(3)28-22-31-32(41(6,7)18-17-40(31,4)5)23-33(28)42-37(29)35(20-24)43(34-14-12-11-13-25(34)2)38-30-21-27(45(8,9)10)15-16-36(30)44-39(38)42/h11-16,19-23H,3,17-18H2,1-2,4-10H3. The lowest BCUT2D eigenvalue weighted by Gasteiger charge is -2.45. The quantitative estimate of drug-likeness (QED) is 0.173. The van der Waals surface area contributed by atoms with Gasteiger partial charge in [0.1, 0.15) is 0 Å². The zero-order valence-electron chi connectivity index (χ0n) is 28.3. The van der Waals surface area contributed by atoms with Crippen molar-refractivity contribution in [3.8, 4) is 0 Å². The highest BCUT2D eigenvalue weighted by atomic mass is 32.3. The Hall–Kier alpha value is -3.21. The fourth-order valence-electron chi connectivity index (χ4n) is 8.30. The Labute approximate surface area is 275 Å². The SMILES string of the molecule is C=C1c2cc3c(cc2B2c4sc5ccc(S(C)(C)C)cc5c4N(c4ccccc4C)c4cc(C)cc1c42)C(C)(C)CCC3(C)C. The van der Waals surface area contributed by atoms with Crippen molar-refractivity contribution in [2.45, 2.75) is 70.1 Å². The Morgan fingerprint density at radius 3 is 2.18 bits per heavy atom. The molecule has 0 radical (unpaired) electrons. The first kappa shape index (κ1) is 29.2. The molecule has 8 rings (SSSR count). The summed E-state index contributed by atoms with van der Waals surface area (Å²) in [4.78, 5) is 4.07. The smallest absolute Gasteiger partial charge is 0.260 e. The van der Waals surface area contributed by atoms with Crippen molar-refractivity contribution in [2.75, 3.05) is 23.7 Å². The number of hydrogen-bond acceptors (Lipinski definition) is 2. The molecule has 228 valence electrons. The minimum atomic E-state index is -0.887. The van der Waals surface area contributed by atoms with Crippen LogP contribution in [-0.2, 0) is 10.8 Å². The Bertz CT molecular complexity index is 2100. The van der Waals surface area contributed by atoms with Crippen LogP contribution >= 0.6 is 21.4 Å². The molecule has 2 aliphatic heterocycles. The van der Waals surface area contributed by atoms with E-state index in [0.29, 0.717) is 0 Å². The molecule has 1 aromatic heterocycles. The van der Waals surface area contributed by atoms with Crippen molar-refractivity contribution >= 4 is 76.5 Å². The molecule has 0 atom stereocenters. The maximum atomic E-state index is 4.85. The molecule has 0 amide bonds. The van der Waals surface area contributed by atoms with E-state index in [0.717, 1.165) is 0 Å². The second-order valence-electron chi connectivity index (χ2n) is 15.8. The van der Waals surface area contributed by atoms with E-state index in [-0.39, 0.29) is 17.5 Å². The average molecular weight is 626 g/mol. The Morgan fingerprint density at radius 2 is 1.49 bits per heavy atom. The van der Waals surface area contributed by atoms with Crippen molar-refractivity contribution in [1.29, 1.82) is 0 Å². The Kier molecular flexibility index (Phi) is 6.12. The van der Waals surface area contributed by atoms with Crippen LogP contribution in [0.15, 0.2) is 78.2 Å². The number of anilines is 3. The van der Waals surface area contributed by atoms with E-state index in [4.69, 9.17) is 6.58 Å². The molecule has 3 aliphatic rings. The van der Waals surface area contributed by atoms with Crippen LogP contribution in [0.3, 0.4) is 0 Å². The van der Waals surface area contributed by atoms with Gasteiger partial charge in [0.2, 0.25) is 0 Å². The molecule has 1 nitrogen and oxygen atoms in total. The summed E-state index contributed by atoms with van der Waals surface area (Å²) in [5, 5.41) is 1.39. The van der Waals surface area contributed by atoms with Gasteiger partial charge in [0.25, 0.3) is 6.71 Å². The molecule has 4 heteroatoms. The maximum Gasteiger partial charge on any atom is 0.260 e. The third-order valence-electron chi connectivity index (χ3n) is 11.0. The summed E-state index contributed by atoms with van der Waals surface area (Å²) in [6, 6.07) is 26.3. The summed E-state index contributed by atoms with van der Waals surface area (Å²) >= 11 is 2.01. The summed E-state index contributed by atoms with van der Waals surface area (Å²) in [6.07, 6.45) is 9.66. The van der Waals surface area contributed by atoms with E-state index in [1.54, 1.807) is 0 Å². The van der Waals surface area contributed by atoms with E-state index in [1.165, 1.54) is 99.5 Å². The second-order valence-corrected chi connectivity index (χ2v) is 21.1. The number of hydrogen-bond donors (Lipinski definition) is 0. The van der Waals surface area contributed by atoms with Gasteiger partial charge in [-0.15, -0.1) is 11.3 Å². The first-order chi connectivity index (χ1) is 21.2. The van der Waals surface area contributed by atoms with Gasteiger partial charge >= 0.3 is 0 Å². The van der Waals surface area contributed by atoms with Gasteiger partial charge in [-0.2, -0.15) is 0 Å². The van der Waals surface area contributed by atoms with Crippen molar-refractivity contribution in [3.05, 3.63) is 107 Å². The van der Waals surface area contributed by atoms with Crippen LogP contribution < -0.4 is 20.6 Å². The molecule has 4 aromatic carbocycles. The minimum Gasteiger partial charge on any atom is -0.310 e. The number of para-hydroxylation sites is 1. The van der Waals surface area contributed by atoms with E-state index in [2.05, 4.69) is 132 Å². The molecular weight excluding hydrogens is 581 g/mol. The first-order valence-corrected chi connectivity index (χ1v) is 20.0. The highest BCUT2D eigenvalue weighted by Crippen LogP contribution is 2.52. The van der Waals surface area contributed by atoms with Gasteiger partial charge in [-0.3, -0.25) is 0 Å². The predicted octanol–water partition coefficient (Wildman–Crippen LogP) is 9.59. The van der Waals surface area contributed by atoms with Crippen LogP contribution in [0, 0.1) is 13.8 Å². The van der Waals surface area contributed by atoms with Gasteiger partial charge in [0.15, 0.2) is 0 Å². The van der Waals surface area contributed by atoms with Crippen LogP contribution in [0.1, 0.15) is 73.9 Å². The number of aryl methyl sites for hydroxylation is 2. The third-order valence-corrected chi connectivity index (χ3v) is 13.9. The molecule has 0 saturated heterocycles. The Morgan fingerprint density at radius 1 is 0.800 bits per heavy atom. The molecule has 0 spiro atoms. The monoisotopic (exact) mass is 625 g/mol. The lowest BCUT2D eigenvalue weighted by molar-refractivity contribution is 0.332. The van der Waals surface area contributed by atoms with Crippen LogP contribution in [0.2, 0.25) is 0 Å². The van der Waals surface area contributed by atoms with Crippen LogP contribution in [0.5, 0.6) is 0 Å². The number of nitrogens with zero attached hydrogens (tertiary/aromatic N) is 1. The van der Waals surface area contributed by atoms with E-state index < -0.39 is 10.0 Å². The largest absolute Gasteiger partial charge is 0.310 e. The molecular formula is C41H44BNS2. The van der Waals surface area contributed by atoms with Crippen molar-refractivity contribution in [2.24, 2.45) is 0 Å². The average Bonchev–Trinajstić information content (AvgIpc) is 3.35. The van der Waals surface area contributed by atoms with Gasteiger partial charge in [-0.1, -0.05) is 76.1 Å². The van der Waals surface area contributed by atoms with E-state index in [9.17, 15) is 0 Å². The molecule has 0 fully saturated rings. The normalized spacial score (nSPS) is 17.9. The van der Waals surface area contributed by atoms with Crippen molar-refractivity contribution in [1.82, 2.24) is 0 Å². The lowest BCUT2D eigenvalue weighted by Crippen LogP contribution is -2.60. The van der Waals surface area contributed by atoms with Crippen LogP contribution in [0.25, 0.3) is 15.7 Å². The van der Waals surface area contributed by atoms with Gasteiger partial charge in [-0.05, 0) is 136 Å². The van der Waals surface area contributed by atoms with Crippen molar-refractivity contribution in [3.63, 3.8) is 0 Å². The molecule has 1 aliphatic carbocycles. The lowest BCUT2D eigenvalue weighted by atomic mass is 9.33. The number of thiophene rings is 1. The first-order valence-electron chi connectivity index (χ1n) is 16.3. The summed E-state index contributed by atoms with van der Waals surface area (Å²) in [5.74, 6) is 0. The van der Waals surface area contributed by atoms with Gasteiger partial charge in [0.05, 0.1) is 5.69 Å². The minimum absolute atomic E-state index is 0.146. The van der Waals surface area contributed by atoms with Gasteiger partial charge < -0.3 is 4.90 Å². The summed E-state index contributed by atoms with van der Waals surface area (Å²) in [6.45, 7) is 19.3. The Balaban J connectivity index is 1.52. The summed E-state index contributed by atoms with van der Waals surface area (Å²) in [5.41, 5.74) is 16.6. The zero-order chi connectivity index (χ0) is 31.8. The maximum absolute atomic E-state index is 4.85. The van der Waals surface area contributed by atoms with Crippen molar-refractivity contribution < 1.29 is 0 Å². The number of fused-ring (bicyclic) bond motifs is 7. The summed E-state index contributed by atoms with van der Waals surface area (Å²) in [7, 11) is -0.887. The molecule has 0 N–H and O–H groups in total. The molecule has 0 saturated carbocycles. The zero-order valence-corrected chi connectivity index (χ0v) is 29.9. The fourth-order valence-corrected chi connectivity index (χ4v) is 10.5. The van der Waals surface area contributed by atoms with Gasteiger partial charge in [0, 0.05) is 26.2 Å². The van der Waals surface area contributed by atoms with E-state index >= 15 is 0 Å². The molecule has 0 unspecified atom stereocenters. The highest BCUT2D eigenvalue weighted by Gasteiger charge is 2.46. The molecule has 5 aromatic rings. The second kappa shape index (κ2) is 9.42. The number of benzene rings is 4. The predicted molar refractivity (Wildman–Crippen MR) is 204 cm³/mol. The highest BCUT2D eigenvalue weighted by molar-refractivity contribution is 8.32. The van der Waals surface area contributed by atoms with Crippen LogP contribution in [-0.4, -0.2) is 25.5 Å². The molecule has 45 heavy (non-hydrogen) atoms. The number of rotatable bonds is 2. The third kappa shape index (κ3) is 4.14. The van der Waals surface area contributed by atoms with Gasteiger partial charge in [-0.25, -0.2) is 10.0 Å². The van der Waals surface area contributed by atoms with Crippen LogP contribution in [0.4, 0.5) is 17.1 Å².